The summed E-state index contributed by atoms with van der Waals surface area (Å²) in [5, 5.41) is 3.88. The van der Waals surface area contributed by atoms with Crippen molar-refractivity contribution >= 4 is 0 Å². The molecule has 1 saturated heterocycles. The molecule has 0 radical (unpaired) electrons. The molecule has 4 heteroatoms. The van der Waals surface area contributed by atoms with E-state index in [0.29, 0.717) is 6.61 Å². The lowest BCUT2D eigenvalue weighted by atomic mass is 10.2. The van der Waals surface area contributed by atoms with Crippen LogP contribution in [0.5, 0.6) is 0 Å². The number of hydrogen-bond donors (Lipinski definition) is 0. The van der Waals surface area contributed by atoms with E-state index in [1.807, 2.05) is 26.8 Å². The summed E-state index contributed by atoms with van der Waals surface area (Å²) in [4.78, 5) is 0. The molecule has 2 rings (SSSR count). The third-order valence-electron chi connectivity index (χ3n) is 1.98. The maximum absolute atomic E-state index is 5.60. The molecule has 0 aliphatic carbocycles. The van der Waals surface area contributed by atoms with Gasteiger partial charge in [0.1, 0.15) is 17.6 Å². The summed E-state index contributed by atoms with van der Waals surface area (Å²) in [7, 11) is 0. The van der Waals surface area contributed by atoms with Crippen LogP contribution in [0.1, 0.15) is 31.4 Å². The molecule has 0 bridgehead atoms. The molecular weight excluding hydrogens is 170 g/mol. The molecule has 4 nitrogen and oxygen atoms in total. The smallest absolute Gasteiger partial charge is 0.163 e. The summed E-state index contributed by atoms with van der Waals surface area (Å²) in [6.45, 7) is 6.18. The largest absolute Gasteiger partial charge is 0.361 e. The first kappa shape index (κ1) is 8.72. The Morgan fingerprint density at radius 3 is 2.77 bits per heavy atom. The number of aryl methyl sites for hydroxylation is 1. The van der Waals surface area contributed by atoms with Crippen LogP contribution in [-0.2, 0) is 9.47 Å². The van der Waals surface area contributed by atoms with Crippen LogP contribution in [0.25, 0.3) is 0 Å². The maximum atomic E-state index is 5.60. The quantitative estimate of drug-likeness (QED) is 0.666. The van der Waals surface area contributed by atoms with Gasteiger partial charge in [0.25, 0.3) is 0 Å². The van der Waals surface area contributed by atoms with Crippen LogP contribution in [0.15, 0.2) is 10.6 Å². The second-order valence-electron chi connectivity index (χ2n) is 3.68. The SMILES string of the molecule is Cc1cc(C2COC(C)(C)O2)no1. The van der Waals surface area contributed by atoms with Gasteiger partial charge in [-0.3, -0.25) is 0 Å². The molecule has 1 aromatic heterocycles. The number of hydrogen-bond acceptors (Lipinski definition) is 4. The second-order valence-corrected chi connectivity index (χ2v) is 3.68. The van der Waals surface area contributed by atoms with Crippen molar-refractivity contribution in [1.82, 2.24) is 5.16 Å². The predicted octanol–water partition coefficient (Wildman–Crippen LogP) is 1.81. The van der Waals surface area contributed by atoms with E-state index in [1.54, 1.807) is 0 Å². The van der Waals surface area contributed by atoms with Gasteiger partial charge in [-0.1, -0.05) is 5.16 Å². The minimum atomic E-state index is -0.502. The van der Waals surface area contributed by atoms with Crippen molar-refractivity contribution in [3.8, 4) is 0 Å². The minimum Gasteiger partial charge on any atom is -0.361 e. The fourth-order valence-corrected chi connectivity index (χ4v) is 1.37. The summed E-state index contributed by atoms with van der Waals surface area (Å²) < 4.78 is 16.0. The second kappa shape index (κ2) is 2.82. The first-order chi connectivity index (χ1) is 6.07. The molecule has 1 atom stereocenters. The van der Waals surface area contributed by atoms with Crippen molar-refractivity contribution in [3.05, 3.63) is 17.5 Å². The van der Waals surface area contributed by atoms with Gasteiger partial charge < -0.3 is 14.0 Å². The third-order valence-corrected chi connectivity index (χ3v) is 1.98. The van der Waals surface area contributed by atoms with Crippen molar-refractivity contribution in [2.75, 3.05) is 6.61 Å². The summed E-state index contributed by atoms with van der Waals surface area (Å²) in [5.41, 5.74) is 0.808. The van der Waals surface area contributed by atoms with E-state index in [0.717, 1.165) is 11.5 Å². The fourth-order valence-electron chi connectivity index (χ4n) is 1.37. The Morgan fingerprint density at radius 2 is 2.31 bits per heavy atom. The highest BCUT2D eigenvalue weighted by Crippen LogP contribution is 2.32. The van der Waals surface area contributed by atoms with Crippen LogP contribution in [0, 0.1) is 6.92 Å². The van der Waals surface area contributed by atoms with E-state index < -0.39 is 5.79 Å². The van der Waals surface area contributed by atoms with Crippen molar-refractivity contribution in [2.24, 2.45) is 0 Å². The summed E-state index contributed by atoms with van der Waals surface area (Å²) >= 11 is 0. The van der Waals surface area contributed by atoms with Gasteiger partial charge in [-0.2, -0.15) is 0 Å². The Hall–Kier alpha value is -0.870. The van der Waals surface area contributed by atoms with Gasteiger partial charge in [-0.05, 0) is 20.8 Å². The lowest BCUT2D eigenvalue weighted by molar-refractivity contribution is -0.139. The molecule has 1 fully saturated rings. The van der Waals surface area contributed by atoms with Gasteiger partial charge in [0.05, 0.1) is 6.61 Å². The van der Waals surface area contributed by atoms with Gasteiger partial charge in [0, 0.05) is 6.07 Å². The van der Waals surface area contributed by atoms with Crippen LogP contribution in [0.4, 0.5) is 0 Å². The van der Waals surface area contributed by atoms with E-state index >= 15 is 0 Å². The highest BCUT2D eigenvalue weighted by atomic mass is 16.7. The van der Waals surface area contributed by atoms with E-state index in [1.165, 1.54) is 0 Å². The Labute approximate surface area is 76.8 Å². The monoisotopic (exact) mass is 183 g/mol. The molecule has 72 valence electrons. The standard InChI is InChI=1S/C9H13NO3/c1-6-4-7(10-13-6)8-5-11-9(2,3)12-8/h4,8H,5H2,1-3H3. The number of nitrogens with zero attached hydrogens (tertiary/aromatic N) is 1. The van der Waals surface area contributed by atoms with Crippen LogP contribution < -0.4 is 0 Å². The summed E-state index contributed by atoms with van der Waals surface area (Å²) in [6.07, 6.45) is -0.0903. The molecule has 0 aromatic carbocycles. The Bertz CT molecular complexity index is 306. The lowest BCUT2D eigenvalue weighted by Crippen LogP contribution is -2.19. The molecule has 2 heterocycles. The minimum absolute atomic E-state index is 0.0903. The molecule has 1 aliphatic rings. The van der Waals surface area contributed by atoms with Crippen LogP contribution in [0.2, 0.25) is 0 Å². The zero-order valence-corrected chi connectivity index (χ0v) is 8.03. The number of ether oxygens (including phenoxy) is 2. The first-order valence-electron chi connectivity index (χ1n) is 4.32. The zero-order valence-electron chi connectivity index (χ0n) is 8.03. The molecular formula is C9H13NO3. The summed E-state index contributed by atoms with van der Waals surface area (Å²) in [5.74, 6) is 0.292. The van der Waals surface area contributed by atoms with Gasteiger partial charge in [0.2, 0.25) is 0 Å². The van der Waals surface area contributed by atoms with Gasteiger partial charge in [-0.25, -0.2) is 0 Å². The van der Waals surface area contributed by atoms with Crippen molar-refractivity contribution in [3.63, 3.8) is 0 Å². The van der Waals surface area contributed by atoms with Crippen molar-refractivity contribution < 1.29 is 14.0 Å². The maximum Gasteiger partial charge on any atom is 0.163 e. The third kappa shape index (κ3) is 1.73. The van der Waals surface area contributed by atoms with E-state index in [9.17, 15) is 0 Å². The molecule has 1 aliphatic heterocycles. The van der Waals surface area contributed by atoms with Crippen molar-refractivity contribution in [2.45, 2.75) is 32.7 Å². The normalized spacial score (nSPS) is 26.5. The van der Waals surface area contributed by atoms with E-state index in [2.05, 4.69) is 5.16 Å². The van der Waals surface area contributed by atoms with Crippen LogP contribution in [0.3, 0.4) is 0 Å². The molecule has 1 unspecified atom stereocenters. The molecule has 0 saturated carbocycles. The van der Waals surface area contributed by atoms with Gasteiger partial charge in [0.15, 0.2) is 5.79 Å². The molecule has 0 amide bonds. The van der Waals surface area contributed by atoms with Crippen LogP contribution in [-0.4, -0.2) is 17.6 Å². The zero-order chi connectivity index (χ0) is 9.47. The lowest BCUT2D eigenvalue weighted by Gasteiger charge is -2.15. The Morgan fingerprint density at radius 1 is 1.54 bits per heavy atom. The molecule has 13 heavy (non-hydrogen) atoms. The molecule has 0 N–H and O–H groups in total. The Balaban J connectivity index is 2.12. The topological polar surface area (TPSA) is 44.5 Å². The highest BCUT2D eigenvalue weighted by molar-refractivity contribution is 5.08. The average molecular weight is 183 g/mol. The molecule has 0 spiro atoms. The number of aromatic nitrogens is 1. The number of rotatable bonds is 1. The van der Waals surface area contributed by atoms with Gasteiger partial charge >= 0.3 is 0 Å². The highest BCUT2D eigenvalue weighted by Gasteiger charge is 2.35. The Kier molecular flexibility index (Phi) is 1.89. The van der Waals surface area contributed by atoms with E-state index in [4.69, 9.17) is 14.0 Å². The van der Waals surface area contributed by atoms with E-state index in [-0.39, 0.29) is 6.10 Å². The predicted molar refractivity (Wildman–Crippen MR) is 45.1 cm³/mol. The fraction of sp³-hybridized carbons (Fsp3) is 0.667. The summed E-state index contributed by atoms with van der Waals surface area (Å²) in [6, 6.07) is 1.87. The van der Waals surface area contributed by atoms with Crippen molar-refractivity contribution in [1.29, 1.82) is 0 Å². The first-order valence-corrected chi connectivity index (χ1v) is 4.32. The van der Waals surface area contributed by atoms with Gasteiger partial charge in [-0.15, -0.1) is 0 Å². The molecule has 1 aromatic rings. The van der Waals surface area contributed by atoms with Crippen LogP contribution >= 0.6 is 0 Å². The average Bonchev–Trinajstić information content (AvgIpc) is 2.56.